The summed E-state index contributed by atoms with van der Waals surface area (Å²) in [7, 11) is 0. The molecule has 1 aliphatic heterocycles. The van der Waals surface area contributed by atoms with Crippen LogP contribution in [0.1, 0.15) is 91.4 Å². The van der Waals surface area contributed by atoms with Gasteiger partial charge in [-0.25, -0.2) is 0 Å². The molecular weight excluding hydrogens is 376 g/mol. The van der Waals surface area contributed by atoms with Crippen LogP contribution >= 0.6 is 0 Å². The van der Waals surface area contributed by atoms with Crippen LogP contribution in [-0.4, -0.2) is 24.5 Å². The third kappa shape index (κ3) is 12.8. The molecule has 31 heavy (non-hydrogen) atoms. The Hall–Kier alpha value is -1.54. The van der Waals surface area contributed by atoms with Crippen molar-refractivity contribution >= 4 is 0 Å². The van der Waals surface area contributed by atoms with Gasteiger partial charge in [0.2, 0.25) is 0 Å². The number of unbranched alkanes of at least 4 members (excludes halogenated alkanes) is 4. The molecule has 0 saturated carbocycles. The lowest BCUT2D eigenvalue weighted by Crippen LogP contribution is -2.22. The smallest absolute Gasteiger partial charge is 0.0253 e. The van der Waals surface area contributed by atoms with Crippen molar-refractivity contribution in [3.05, 3.63) is 61.0 Å². The molecule has 0 radical (unpaired) electrons. The zero-order valence-electron chi connectivity index (χ0n) is 21.0. The predicted molar refractivity (Wildman–Crippen MR) is 140 cm³/mol. The second-order valence-corrected chi connectivity index (χ2v) is 9.86. The van der Waals surface area contributed by atoms with Crippen molar-refractivity contribution in [3.8, 4) is 0 Å². The van der Waals surface area contributed by atoms with E-state index in [0.717, 1.165) is 45.3 Å². The fourth-order valence-corrected chi connectivity index (χ4v) is 4.49. The van der Waals surface area contributed by atoms with Crippen LogP contribution in [0.25, 0.3) is 0 Å². The van der Waals surface area contributed by atoms with Gasteiger partial charge < -0.3 is 10.2 Å². The first-order valence-corrected chi connectivity index (χ1v) is 12.6. The Kier molecular flexibility index (Phi) is 14.3. The van der Waals surface area contributed by atoms with Crippen molar-refractivity contribution in [2.24, 2.45) is 11.8 Å². The summed E-state index contributed by atoms with van der Waals surface area (Å²) in [6.45, 7) is 26.8. The number of rotatable bonds is 18. The number of likely N-dealkylation sites (tertiary alicyclic amines) is 1. The highest BCUT2D eigenvalue weighted by atomic mass is 15.2. The zero-order valence-corrected chi connectivity index (χ0v) is 21.0. The van der Waals surface area contributed by atoms with Crippen molar-refractivity contribution < 1.29 is 0 Å². The van der Waals surface area contributed by atoms with Crippen LogP contribution in [0.4, 0.5) is 0 Å². The minimum atomic E-state index is 0.616. The molecule has 0 aromatic carbocycles. The van der Waals surface area contributed by atoms with Crippen molar-refractivity contribution in [2.45, 2.75) is 91.4 Å². The summed E-state index contributed by atoms with van der Waals surface area (Å²) in [5, 5.41) is 3.48. The summed E-state index contributed by atoms with van der Waals surface area (Å²) < 4.78 is 0. The maximum atomic E-state index is 4.34. The molecule has 0 spiro atoms. The summed E-state index contributed by atoms with van der Waals surface area (Å²) in [5.74, 6) is 1.29. The fraction of sp³-hybridized carbons (Fsp3) is 0.655. The predicted octanol–water partition coefficient (Wildman–Crippen LogP) is 8.17. The zero-order chi connectivity index (χ0) is 23.1. The lowest BCUT2D eigenvalue weighted by Gasteiger charge is -2.25. The van der Waals surface area contributed by atoms with Gasteiger partial charge in [-0.05, 0) is 76.7 Å². The standard InChI is InChI=1S/C29H50N2/c1-8-9-19-30-22-26(4)20-24(2)15-13-11-10-12-14-16-25(3)21-27(5)23-31-28(6)17-18-29(31)7/h8-9,26-27,30H,2-3,6-7,10-23H2,1,4-5H3/b9-8-. The largest absolute Gasteiger partial charge is 0.349 e. The van der Waals surface area contributed by atoms with Crippen molar-refractivity contribution in [3.63, 3.8) is 0 Å². The molecule has 2 heteroatoms. The molecule has 2 atom stereocenters. The molecule has 0 aromatic rings. The summed E-state index contributed by atoms with van der Waals surface area (Å²) >= 11 is 0. The highest BCUT2D eigenvalue weighted by Gasteiger charge is 2.21. The van der Waals surface area contributed by atoms with Crippen LogP contribution < -0.4 is 5.32 Å². The van der Waals surface area contributed by atoms with E-state index >= 15 is 0 Å². The summed E-state index contributed by atoms with van der Waals surface area (Å²) in [6.07, 6.45) is 17.6. The van der Waals surface area contributed by atoms with E-state index < -0.39 is 0 Å². The molecular formula is C29H50N2. The molecule has 1 N–H and O–H groups in total. The van der Waals surface area contributed by atoms with E-state index in [2.05, 4.69) is 69.5 Å². The maximum absolute atomic E-state index is 4.34. The first-order valence-electron chi connectivity index (χ1n) is 12.6. The molecule has 1 heterocycles. The first-order chi connectivity index (χ1) is 14.8. The molecule has 0 bridgehead atoms. The number of allylic oxidation sites excluding steroid dienone is 5. The van der Waals surface area contributed by atoms with Gasteiger partial charge in [0.25, 0.3) is 0 Å². The summed E-state index contributed by atoms with van der Waals surface area (Å²) in [4.78, 5) is 2.33. The molecule has 1 rings (SSSR count). The fourth-order valence-electron chi connectivity index (χ4n) is 4.49. The van der Waals surface area contributed by atoms with Crippen LogP contribution in [0.2, 0.25) is 0 Å². The number of hydrogen-bond donors (Lipinski definition) is 1. The lowest BCUT2D eigenvalue weighted by molar-refractivity contribution is 0.370. The topological polar surface area (TPSA) is 15.3 Å². The van der Waals surface area contributed by atoms with Gasteiger partial charge in [-0.1, -0.05) is 82.7 Å². The highest BCUT2D eigenvalue weighted by molar-refractivity contribution is 5.16. The normalized spacial score (nSPS) is 16.3. The van der Waals surface area contributed by atoms with Crippen LogP contribution in [0, 0.1) is 11.8 Å². The quantitative estimate of drug-likeness (QED) is 0.176. The third-order valence-electron chi connectivity index (χ3n) is 6.29. The maximum Gasteiger partial charge on any atom is 0.0253 e. The molecule has 1 aliphatic rings. The van der Waals surface area contributed by atoms with E-state index in [4.69, 9.17) is 0 Å². The Morgan fingerprint density at radius 3 is 1.97 bits per heavy atom. The molecule has 0 aromatic heterocycles. The molecule has 2 unspecified atom stereocenters. The summed E-state index contributed by atoms with van der Waals surface area (Å²) in [6, 6.07) is 0. The minimum absolute atomic E-state index is 0.616. The van der Waals surface area contributed by atoms with E-state index in [1.807, 2.05) is 0 Å². The minimum Gasteiger partial charge on any atom is -0.349 e. The molecule has 1 saturated heterocycles. The van der Waals surface area contributed by atoms with Crippen LogP contribution in [0.15, 0.2) is 61.0 Å². The first kappa shape index (κ1) is 27.5. The van der Waals surface area contributed by atoms with E-state index in [1.54, 1.807) is 0 Å². The third-order valence-corrected chi connectivity index (χ3v) is 6.29. The van der Waals surface area contributed by atoms with Crippen LogP contribution in [0.3, 0.4) is 0 Å². The van der Waals surface area contributed by atoms with Gasteiger partial charge in [-0.15, -0.1) is 0 Å². The second-order valence-electron chi connectivity index (χ2n) is 9.86. The van der Waals surface area contributed by atoms with Gasteiger partial charge in [-0.2, -0.15) is 0 Å². The van der Waals surface area contributed by atoms with Crippen LogP contribution in [-0.2, 0) is 0 Å². The Balaban J connectivity index is 2.00. The van der Waals surface area contributed by atoms with Gasteiger partial charge in [0.1, 0.15) is 0 Å². The highest BCUT2D eigenvalue weighted by Crippen LogP contribution is 2.30. The second kappa shape index (κ2) is 16.1. The average Bonchev–Trinajstić information content (AvgIpc) is 3.02. The lowest BCUT2D eigenvalue weighted by atomic mass is 9.96. The Labute approximate surface area is 194 Å². The molecule has 1 fully saturated rings. The van der Waals surface area contributed by atoms with E-state index in [1.165, 1.54) is 67.5 Å². The van der Waals surface area contributed by atoms with E-state index in [-0.39, 0.29) is 0 Å². The van der Waals surface area contributed by atoms with Gasteiger partial charge in [0.05, 0.1) is 0 Å². The monoisotopic (exact) mass is 426 g/mol. The Morgan fingerprint density at radius 1 is 0.903 bits per heavy atom. The number of hydrogen-bond acceptors (Lipinski definition) is 2. The van der Waals surface area contributed by atoms with Gasteiger partial charge in [0, 0.05) is 24.5 Å². The van der Waals surface area contributed by atoms with Gasteiger partial charge in [0.15, 0.2) is 0 Å². The molecule has 2 nitrogen and oxygen atoms in total. The molecule has 176 valence electrons. The van der Waals surface area contributed by atoms with Crippen molar-refractivity contribution in [1.82, 2.24) is 10.2 Å². The van der Waals surface area contributed by atoms with Gasteiger partial charge >= 0.3 is 0 Å². The van der Waals surface area contributed by atoms with Crippen molar-refractivity contribution in [2.75, 3.05) is 19.6 Å². The molecule has 0 amide bonds. The van der Waals surface area contributed by atoms with Crippen LogP contribution in [0.5, 0.6) is 0 Å². The SMILES string of the molecule is C=C(CCCCCCCC(=C)CC(C)CN1C(=C)CCC1=C)CC(C)CNC/C=C\C. The number of nitrogens with zero attached hydrogens (tertiary/aromatic N) is 1. The van der Waals surface area contributed by atoms with Gasteiger partial charge in [-0.3, -0.25) is 0 Å². The van der Waals surface area contributed by atoms with E-state index in [0.29, 0.717) is 11.8 Å². The Bertz CT molecular complexity index is 582. The van der Waals surface area contributed by atoms with Crippen molar-refractivity contribution in [1.29, 1.82) is 0 Å². The van der Waals surface area contributed by atoms with E-state index in [9.17, 15) is 0 Å². The Morgan fingerprint density at radius 2 is 1.42 bits per heavy atom. The number of nitrogens with one attached hydrogen (secondary N) is 1. The molecule has 0 aliphatic carbocycles. The summed E-state index contributed by atoms with van der Waals surface area (Å²) in [5.41, 5.74) is 5.31. The average molecular weight is 427 g/mol.